The summed E-state index contributed by atoms with van der Waals surface area (Å²) in [4.78, 5) is 152. The Balaban J connectivity index is 0.0000131. The third kappa shape index (κ3) is 50.3. The number of carboxylic acids is 1. The maximum atomic E-state index is 15.7. The van der Waals surface area contributed by atoms with Gasteiger partial charge in [0.15, 0.2) is 6.29 Å². The predicted octanol–water partition coefficient (Wildman–Crippen LogP) is 15.4. The number of ketones is 2. The number of hydrogen-bond donors (Lipinski definition) is 6. The molecule has 1 aromatic rings. The molecular weight excluding hydrogens is 1870 g/mol. The van der Waals surface area contributed by atoms with Crippen LogP contribution in [0.3, 0.4) is 0 Å². The number of carbonyl (C=O) groups excluding carboxylic acids is 9. The first-order chi connectivity index (χ1) is 60.2. The highest BCUT2D eigenvalue weighted by Gasteiger charge is 2.58. The van der Waals surface area contributed by atoms with Crippen molar-refractivity contribution in [1.29, 1.82) is 0 Å². The second kappa shape index (κ2) is 65.9. The molecule has 2 rings (SSSR count). The summed E-state index contributed by atoms with van der Waals surface area (Å²) in [5.41, 5.74) is -11.1. The number of methoxy groups -OCH3 is 1. The number of hydrogen-bond acceptors (Lipinski definition) is 32. The Labute approximate surface area is 794 Å². The van der Waals surface area contributed by atoms with Crippen molar-refractivity contribution < 1.29 is 125 Å². The summed E-state index contributed by atoms with van der Waals surface area (Å²) in [6, 6.07) is 4.42. The van der Waals surface area contributed by atoms with E-state index in [0.29, 0.717) is 65.8 Å². The average molecular weight is 2020 g/mol. The molecule has 1 aromatic heterocycles. The smallest absolute Gasteiger partial charge is 0.407 e. The number of nitrogens with zero attached hydrogens (tertiary/aromatic N) is 3. The molecule has 31 nitrogen and oxygen atoms in total. The molecule has 2 amide bonds. The first kappa shape index (κ1) is 123. The van der Waals surface area contributed by atoms with E-state index in [-0.39, 0.29) is 188 Å². The molecule has 1 fully saturated rings. The van der Waals surface area contributed by atoms with Gasteiger partial charge < -0.3 is 97.6 Å². The van der Waals surface area contributed by atoms with Crippen LogP contribution in [0, 0.1) is 33.6 Å². The Morgan fingerprint density at radius 3 is 1.70 bits per heavy atom. The maximum Gasteiger partial charge on any atom is 0.407 e. The lowest BCUT2D eigenvalue weighted by molar-refractivity contribution is -0.270. The van der Waals surface area contributed by atoms with Gasteiger partial charge in [-0.05, 0) is 189 Å². The highest BCUT2D eigenvalue weighted by Crippen LogP contribution is 2.86. The summed E-state index contributed by atoms with van der Waals surface area (Å²) in [7, 11) is 18.9. The molecule has 0 aliphatic carbocycles. The van der Waals surface area contributed by atoms with Crippen LogP contribution < -0.4 is 10.6 Å². The fraction of sp³-hybridized carbons (Fsp3) is 0.802. The molecule has 1 aliphatic rings. The van der Waals surface area contributed by atoms with Crippen molar-refractivity contribution in [2.75, 3.05) is 138 Å². The third-order valence-electron chi connectivity index (χ3n) is 21.1. The van der Waals surface area contributed by atoms with E-state index in [1.165, 1.54) is 54.3 Å². The Kier molecular flexibility index (Phi) is 63.4. The second-order valence-corrected chi connectivity index (χ2v) is 60.8. The Bertz CT molecular complexity index is 3520. The summed E-state index contributed by atoms with van der Waals surface area (Å²) in [6.07, 6.45) is -0.475. The number of pyridine rings is 1. The number of unbranched alkanes of at least 4 members (excludes halogenated alkanes) is 4. The molecule has 0 radical (unpaired) electrons. The SMILES string of the molecule is PP(P)P(P)P.[C-]#[N+]C(C)(CCC(=O)CCCOCCOCCC(=O)CCCCCCO[C@@H]1O[C@H](CO)[C@H](O)[C@H](O)[C@H]1NC(C)=O)CC(C)(CC(C)(CC(C)(CC(C)(CCC(C)(CCC(CCC)(SC(=S)SCC)C(=O)O)C(=O)OCCCC)C(=O)OCCN(C)C)C(=O)OCCOC)C(=O)OCCOCCNC(=O)OC(C)(C)C)C(=O)OCCSSc1ccccn1. The van der Waals surface area contributed by atoms with E-state index in [4.69, 9.17) is 75.6 Å². The van der Waals surface area contributed by atoms with E-state index < -0.39 is 147 Å². The normalized spacial score (nSPS) is 18.5. The summed E-state index contributed by atoms with van der Waals surface area (Å²) in [6.45, 7) is 30.5. The number of aromatic nitrogens is 1. The Morgan fingerprint density at radius 1 is 0.602 bits per heavy atom. The number of amides is 2. The zero-order valence-electron chi connectivity index (χ0n) is 78.3. The van der Waals surface area contributed by atoms with Crippen LogP contribution in [0.2, 0.25) is 0 Å². The number of aliphatic hydroxyl groups is 3. The first-order valence-corrected chi connectivity index (χ1v) is 58.1. The van der Waals surface area contributed by atoms with Gasteiger partial charge >= 0.3 is 41.9 Å². The van der Waals surface area contributed by atoms with Gasteiger partial charge in [0.2, 0.25) is 11.4 Å². The molecule has 0 spiro atoms. The van der Waals surface area contributed by atoms with Crippen molar-refractivity contribution >= 4 is 170 Å². The molecular formula is C86H151N5O26P6S5. The number of aliphatic hydroxyl groups excluding tert-OH is 3. The van der Waals surface area contributed by atoms with Gasteiger partial charge in [0.25, 0.3) is 0 Å². The monoisotopic (exact) mass is 2020 g/mol. The first-order valence-electron chi connectivity index (χ1n) is 43.7. The number of ether oxygens (including phenoxy) is 12. The van der Waals surface area contributed by atoms with Gasteiger partial charge in [-0.1, -0.05) is 87.3 Å². The highest BCUT2D eigenvalue weighted by atomic mass is 33.1. The van der Waals surface area contributed by atoms with Gasteiger partial charge in [-0.15, -0.1) is 47.5 Å². The molecule has 1 aliphatic heterocycles. The zero-order valence-corrected chi connectivity index (χ0v) is 88.8. The highest BCUT2D eigenvalue weighted by molar-refractivity contribution is 8.92. The van der Waals surface area contributed by atoms with Gasteiger partial charge in [-0.3, -0.25) is 43.2 Å². The van der Waals surface area contributed by atoms with E-state index in [9.17, 15) is 49.2 Å². The van der Waals surface area contributed by atoms with E-state index in [2.05, 4.69) is 56.2 Å². The molecule has 16 atom stereocenters. The van der Waals surface area contributed by atoms with Crippen molar-refractivity contribution in [2.24, 2.45) is 27.1 Å². The number of likely N-dealkylation sites (N-methyl/N-ethyl adjacent to an activating group) is 1. The number of aliphatic carboxylic acids is 1. The van der Waals surface area contributed by atoms with E-state index in [1.807, 2.05) is 37.8 Å². The van der Waals surface area contributed by atoms with Crippen molar-refractivity contribution in [2.45, 2.75) is 283 Å². The summed E-state index contributed by atoms with van der Waals surface area (Å²) < 4.78 is 68.8. The minimum Gasteiger partial charge on any atom is -0.480 e. The molecule has 736 valence electrons. The average Bonchev–Trinajstić information content (AvgIpc) is 0.758. The molecule has 1 saturated heterocycles. The molecule has 0 saturated carbocycles. The van der Waals surface area contributed by atoms with Crippen LogP contribution in [0.5, 0.6) is 0 Å². The molecule has 6 N–H and O–H groups in total. The quantitative estimate of drug-likeness (QED) is 0.00671. The summed E-state index contributed by atoms with van der Waals surface area (Å²) >= 11 is 8.13. The van der Waals surface area contributed by atoms with Crippen LogP contribution in [-0.2, 0) is 100.0 Å². The number of alkyl carbamates (subject to hydrolysis) is 1. The molecule has 11 unspecified atom stereocenters. The Hall–Kier alpha value is -2.79. The van der Waals surface area contributed by atoms with Crippen molar-refractivity contribution in [3.63, 3.8) is 0 Å². The van der Waals surface area contributed by atoms with Crippen LogP contribution in [0.15, 0.2) is 29.4 Å². The van der Waals surface area contributed by atoms with Gasteiger partial charge in [0.1, 0.15) is 81.3 Å². The zero-order chi connectivity index (χ0) is 96.8. The van der Waals surface area contributed by atoms with Crippen molar-refractivity contribution in [3.8, 4) is 0 Å². The van der Waals surface area contributed by atoms with Crippen LogP contribution >= 0.6 is 107 Å². The summed E-state index contributed by atoms with van der Waals surface area (Å²) in [5, 5.41) is 47.2. The van der Waals surface area contributed by atoms with Gasteiger partial charge in [-0.2, -0.15) is 0 Å². The van der Waals surface area contributed by atoms with E-state index in [1.54, 1.807) is 81.7 Å². The van der Waals surface area contributed by atoms with Crippen LogP contribution in [0.1, 0.15) is 231 Å². The second-order valence-electron chi connectivity index (χ2n) is 34.8. The van der Waals surface area contributed by atoms with Gasteiger partial charge in [0, 0.05) is 97.7 Å². The lowest BCUT2D eigenvalue weighted by Gasteiger charge is -2.44. The lowest BCUT2D eigenvalue weighted by atomic mass is 9.59. The van der Waals surface area contributed by atoms with Gasteiger partial charge in [-0.25, -0.2) is 16.4 Å². The number of thioether (sulfide) groups is 2. The number of esters is 5. The van der Waals surface area contributed by atoms with Crippen molar-refractivity contribution in [3.05, 3.63) is 35.8 Å². The number of carboxylic acid groups (broad SMARTS) is 1. The number of thiocarbonyl (C=S) groups is 1. The molecule has 128 heavy (non-hydrogen) atoms. The van der Waals surface area contributed by atoms with Crippen molar-refractivity contribution in [1.82, 2.24) is 20.5 Å². The fourth-order valence-corrected chi connectivity index (χ4v) is 19.2. The maximum absolute atomic E-state index is 15.7. The minimum absolute atomic E-state index is 0.0182. The Morgan fingerprint density at radius 2 is 1.14 bits per heavy atom. The van der Waals surface area contributed by atoms with Crippen LogP contribution in [-0.4, -0.2) is 278 Å². The predicted molar refractivity (Wildman–Crippen MR) is 526 cm³/mol. The molecule has 42 heteroatoms. The largest absolute Gasteiger partial charge is 0.480 e. The number of carbonyl (C=O) groups is 10. The van der Waals surface area contributed by atoms with Crippen LogP contribution in [0.25, 0.3) is 4.85 Å². The molecule has 2 heterocycles. The van der Waals surface area contributed by atoms with Crippen LogP contribution in [0.4, 0.5) is 4.79 Å². The van der Waals surface area contributed by atoms with Gasteiger partial charge in [0.05, 0.1) is 79.9 Å². The fourth-order valence-electron chi connectivity index (χ4n) is 14.4. The standard InChI is InChI=1S/C86H143N5O26S5.H8P6/c1-18-21-44-111-72(100)80(8,38-39-86(34-19-2,71(98)99)121-78(118)119-20-3)36-37-81(9,73(101)112-48-42-91(15)16)58-82(10,74(102)113-53-49-106-17)59-83(11,75(103)114-54-52-109-47-41-89-77(105)117-79(5,6)7)60-84(12,76(104)115-55-56-120-122-66-31-25-26-40-88-66)61-85(13,87-14)35-32-63(94)30-28-43-107-50-51-108-46-33-64(95)29-24-22-23-27-45-110-70-67(90-62(4)93)69(97)68(96)65(57-92)116-70;1-5(2)6(3)4/h25-26,31,40,65,67-70,92,96-97H,18-24,27-30,32-39,41-61H2,1-13,15-17H3,(H,89,105)(H,90,93)(H,98,99);1-4H2/t65-,67-,68+,69-,70-,80?,81?,82?,83?,84?,85?,86?;/m1./s1. The lowest BCUT2D eigenvalue weighted by Crippen LogP contribution is -2.64. The third-order valence-corrected chi connectivity index (χ3v) is 47.5. The molecule has 0 bridgehead atoms. The molecule has 0 aromatic carbocycles. The summed E-state index contributed by atoms with van der Waals surface area (Å²) in [5.74, 6) is -4.81. The van der Waals surface area contributed by atoms with E-state index >= 15 is 19.2 Å². The minimum atomic E-state index is -1.96. The number of Topliss-reactive ketones (excluding diaryl/α,β-unsaturated/α-hetero) is 2. The van der Waals surface area contributed by atoms with E-state index in [0.717, 1.165) is 24.6 Å². The topological polar surface area (TPSA) is 407 Å². The number of nitrogens with one attached hydrogen (secondary N) is 2. The number of rotatable bonds is 68.